The maximum atomic E-state index is 11.7. The van der Waals surface area contributed by atoms with E-state index in [0.717, 1.165) is 19.3 Å². The van der Waals surface area contributed by atoms with E-state index in [1.54, 1.807) is 0 Å². The number of rotatable bonds is 5. The van der Waals surface area contributed by atoms with Crippen LogP contribution in [0.5, 0.6) is 0 Å². The van der Waals surface area contributed by atoms with Gasteiger partial charge in [-0.3, -0.25) is 0 Å². The van der Waals surface area contributed by atoms with E-state index >= 15 is 0 Å². The molecule has 86 valence electrons. The summed E-state index contributed by atoms with van der Waals surface area (Å²) in [6.45, 7) is 3.06. The van der Waals surface area contributed by atoms with Crippen molar-refractivity contribution in [2.45, 2.75) is 38.6 Å². The van der Waals surface area contributed by atoms with Crippen molar-refractivity contribution in [1.29, 1.82) is 5.26 Å². The Morgan fingerprint density at radius 3 is 2.53 bits per heavy atom. The Bertz CT molecular complexity index is 328. The maximum absolute atomic E-state index is 11.7. The van der Waals surface area contributed by atoms with Gasteiger partial charge in [0.15, 0.2) is 0 Å². The quantitative estimate of drug-likeness (QED) is 0.753. The van der Waals surface area contributed by atoms with Crippen LogP contribution >= 0.6 is 0 Å². The van der Waals surface area contributed by atoms with E-state index in [1.807, 2.05) is 13.0 Å². The van der Waals surface area contributed by atoms with Crippen molar-refractivity contribution < 1.29 is 8.42 Å². The van der Waals surface area contributed by atoms with Gasteiger partial charge in [-0.2, -0.15) is 22.7 Å². The molecule has 1 rings (SSSR count). The van der Waals surface area contributed by atoms with E-state index in [0.29, 0.717) is 19.5 Å². The van der Waals surface area contributed by atoms with Crippen molar-refractivity contribution in [3.8, 4) is 6.07 Å². The van der Waals surface area contributed by atoms with Crippen LogP contribution < -0.4 is 4.72 Å². The lowest BCUT2D eigenvalue weighted by atomic mass is 10.2. The molecule has 0 aromatic carbocycles. The molecule has 0 aliphatic carbocycles. The Kier molecular flexibility index (Phi) is 4.51. The first-order valence-electron chi connectivity index (χ1n) is 5.27. The van der Waals surface area contributed by atoms with E-state index in [9.17, 15) is 8.42 Å². The molecule has 1 aliphatic rings. The minimum absolute atomic E-state index is 0.559. The Hall–Kier alpha value is -0.640. The molecular formula is C9H17N3O2S. The summed E-state index contributed by atoms with van der Waals surface area (Å²) < 4.78 is 27.3. The van der Waals surface area contributed by atoms with E-state index in [2.05, 4.69) is 4.72 Å². The first-order valence-corrected chi connectivity index (χ1v) is 6.71. The summed E-state index contributed by atoms with van der Waals surface area (Å²) in [5.74, 6) is 0. The van der Waals surface area contributed by atoms with Gasteiger partial charge in [0, 0.05) is 13.1 Å². The van der Waals surface area contributed by atoms with Gasteiger partial charge in [0.05, 0.1) is 6.07 Å². The van der Waals surface area contributed by atoms with Crippen molar-refractivity contribution in [2.24, 2.45) is 0 Å². The van der Waals surface area contributed by atoms with Crippen LogP contribution in [0, 0.1) is 11.3 Å². The average molecular weight is 231 g/mol. The summed E-state index contributed by atoms with van der Waals surface area (Å²) in [5.41, 5.74) is 0. The number of nitrogens with one attached hydrogen (secondary N) is 1. The molecule has 1 saturated heterocycles. The van der Waals surface area contributed by atoms with E-state index in [1.165, 1.54) is 4.31 Å². The lowest BCUT2D eigenvalue weighted by Crippen LogP contribution is -2.43. The molecule has 0 aromatic heterocycles. The molecule has 1 unspecified atom stereocenters. The van der Waals surface area contributed by atoms with Crippen molar-refractivity contribution >= 4 is 10.2 Å². The summed E-state index contributed by atoms with van der Waals surface area (Å²) in [7, 11) is -3.43. The maximum Gasteiger partial charge on any atom is 0.280 e. The zero-order valence-electron chi connectivity index (χ0n) is 8.94. The summed E-state index contributed by atoms with van der Waals surface area (Å²) in [4.78, 5) is 0. The van der Waals surface area contributed by atoms with Crippen LogP contribution in [0.2, 0.25) is 0 Å². The minimum atomic E-state index is -3.43. The normalized spacial score (nSPS) is 20.0. The van der Waals surface area contributed by atoms with E-state index in [4.69, 9.17) is 5.26 Å². The first-order chi connectivity index (χ1) is 7.10. The molecule has 0 spiro atoms. The summed E-state index contributed by atoms with van der Waals surface area (Å²) in [6, 6.07) is 1.37. The van der Waals surface area contributed by atoms with Crippen LogP contribution in [0.15, 0.2) is 0 Å². The summed E-state index contributed by atoms with van der Waals surface area (Å²) in [5, 5.41) is 8.77. The zero-order chi connectivity index (χ0) is 11.3. The second-order valence-electron chi connectivity index (χ2n) is 3.70. The second kappa shape index (κ2) is 5.45. The van der Waals surface area contributed by atoms with Gasteiger partial charge in [-0.1, -0.05) is 13.3 Å². The van der Waals surface area contributed by atoms with E-state index in [-0.39, 0.29) is 0 Å². The molecular weight excluding hydrogens is 214 g/mol. The zero-order valence-corrected chi connectivity index (χ0v) is 9.76. The SMILES string of the molecule is CCCC(C#N)NS(=O)(=O)N1CCCC1. The highest BCUT2D eigenvalue weighted by Crippen LogP contribution is 2.12. The minimum Gasteiger partial charge on any atom is -0.197 e. The van der Waals surface area contributed by atoms with Gasteiger partial charge >= 0.3 is 0 Å². The molecule has 1 heterocycles. The summed E-state index contributed by atoms with van der Waals surface area (Å²) in [6.07, 6.45) is 3.17. The summed E-state index contributed by atoms with van der Waals surface area (Å²) >= 11 is 0. The topological polar surface area (TPSA) is 73.2 Å². The third-order valence-corrected chi connectivity index (χ3v) is 4.06. The Morgan fingerprint density at radius 1 is 1.47 bits per heavy atom. The average Bonchev–Trinajstić information content (AvgIpc) is 2.70. The van der Waals surface area contributed by atoms with Crippen molar-refractivity contribution in [3.05, 3.63) is 0 Å². The van der Waals surface area contributed by atoms with Gasteiger partial charge < -0.3 is 0 Å². The molecule has 1 aliphatic heterocycles. The highest BCUT2D eigenvalue weighted by molar-refractivity contribution is 7.87. The smallest absolute Gasteiger partial charge is 0.197 e. The van der Waals surface area contributed by atoms with Crippen LogP contribution in [0.3, 0.4) is 0 Å². The van der Waals surface area contributed by atoms with Crippen LogP contribution in [0.4, 0.5) is 0 Å². The first kappa shape index (κ1) is 12.4. The molecule has 0 amide bonds. The highest BCUT2D eigenvalue weighted by atomic mass is 32.2. The lowest BCUT2D eigenvalue weighted by Gasteiger charge is -2.18. The Balaban J connectivity index is 2.58. The molecule has 0 radical (unpaired) electrons. The Morgan fingerprint density at radius 2 is 2.07 bits per heavy atom. The van der Waals surface area contributed by atoms with Gasteiger partial charge in [0.25, 0.3) is 10.2 Å². The van der Waals surface area contributed by atoms with Gasteiger partial charge in [-0.25, -0.2) is 0 Å². The van der Waals surface area contributed by atoms with Crippen LogP contribution in [0.1, 0.15) is 32.6 Å². The van der Waals surface area contributed by atoms with Crippen LogP contribution in [-0.4, -0.2) is 31.9 Å². The second-order valence-corrected chi connectivity index (χ2v) is 5.40. The fourth-order valence-electron chi connectivity index (χ4n) is 1.62. The number of nitrogens with zero attached hydrogens (tertiary/aromatic N) is 2. The fraction of sp³-hybridized carbons (Fsp3) is 0.889. The molecule has 6 heteroatoms. The van der Waals surface area contributed by atoms with Crippen molar-refractivity contribution in [1.82, 2.24) is 9.03 Å². The van der Waals surface area contributed by atoms with Gasteiger partial charge in [-0.15, -0.1) is 0 Å². The van der Waals surface area contributed by atoms with Gasteiger partial charge in [-0.05, 0) is 19.3 Å². The number of hydrogen-bond donors (Lipinski definition) is 1. The molecule has 0 saturated carbocycles. The van der Waals surface area contributed by atoms with Gasteiger partial charge in [0.2, 0.25) is 0 Å². The van der Waals surface area contributed by atoms with Gasteiger partial charge in [0.1, 0.15) is 6.04 Å². The molecule has 15 heavy (non-hydrogen) atoms. The molecule has 1 N–H and O–H groups in total. The predicted molar refractivity (Wildman–Crippen MR) is 57.2 cm³/mol. The largest absolute Gasteiger partial charge is 0.280 e. The highest BCUT2D eigenvalue weighted by Gasteiger charge is 2.27. The molecule has 0 aromatic rings. The fourth-order valence-corrected chi connectivity index (χ4v) is 3.04. The monoisotopic (exact) mass is 231 g/mol. The molecule has 0 bridgehead atoms. The third-order valence-electron chi connectivity index (χ3n) is 2.43. The molecule has 1 atom stereocenters. The third kappa shape index (κ3) is 3.45. The standard InChI is InChI=1S/C9H17N3O2S/c1-2-5-9(8-10)11-15(13,14)12-6-3-4-7-12/h9,11H,2-7H2,1H3. The van der Waals surface area contributed by atoms with Crippen molar-refractivity contribution in [2.75, 3.05) is 13.1 Å². The van der Waals surface area contributed by atoms with Crippen molar-refractivity contribution in [3.63, 3.8) is 0 Å². The lowest BCUT2D eigenvalue weighted by molar-refractivity contribution is 0.457. The Labute approximate surface area is 91.3 Å². The number of hydrogen-bond acceptors (Lipinski definition) is 3. The van der Waals surface area contributed by atoms with Crippen LogP contribution in [0.25, 0.3) is 0 Å². The predicted octanol–water partition coefficient (Wildman–Crippen LogP) is 0.609. The van der Waals surface area contributed by atoms with E-state index < -0.39 is 16.3 Å². The van der Waals surface area contributed by atoms with Crippen LogP contribution in [-0.2, 0) is 10.2 Å². The molecule has 1 fully saturated rings. The number of nitriles is 1. The molecule has 5 nitrogen and oxygen atoms in total.